The average Bonchev–Trinajstić information content (AvgIpc) is 2.55. The van der Waals surface area contributed by atoms with Gasteiger partial charge < -0.3 is 19.8 Å². The molecule has 0 aromatic rings. The van der Waals surface area contributed by atoms with E-state index in [0.29, 0.717) is 6.42 Å². The first-order chi connectivity index (χ1) is 11.1. The third-order valence-corrected chi connectivity index (χ3v) is 3.86. The molecule has 0 bridgehead atoms. The summed E-state index contributed by atoms with van der Waals surface area (Å²) in [5.41, 5.74) is 2.28. The number of ether oxygens (including phenoxy) is 1. The van der Waals surface area contributed by atoms with E-state index in [4.69, 9.17) is 4.74 Å². The highest BCUT2D eigenvalue weighted by molar-refractivity contribution is 5.47. The zero-order valence-corrected chi connectivity index (χ0v) is 13.5. The minimum Gasteiger partial charge on any atom is -0.499 e. The smallest absolute Gasteiger partial charge is 0.294 e. The van der Waals surface area contributed by atoms with Crippen LogP contribution in [0.3, 0.4) is 0 Å². The van der Waals surface area contributed by atoms with E-state index >= 15 is 0 Å². The molecule has 0 fully saturated rings. The molecular formula is C16H23N3O4. The van der Waals surface area contributed by atoms with Gasteiger partial charge in [-0.25, -0.2) is 0 Å². The first kappa shape index (κ1) is 16.9. The fourth-order valence-corrected chi connectivity index (χ4v) is 2.72. The summed E-state index contributed by atoms with van der Waals surface area (Å²) in [5.74, 6) is 0.922. The van der Waals surface area contributed by atoms with Gasteiger partial charge in [0.05, 0.1) is 13.7 Å². The van der Waals surface area contributed by atoms with Crippen molar-refractivity contribution in [1.29, 1.82) is 0 Å². The highest BCUT2D eigenvalue weighted by Gasteiger charge is 2.28. The second-order valence-electron chi connectivity index (χ2n) is 5.43. The van der Waals surface area contributed by atoms with E-state index in [1.165, 1.54) is 5.57 Å². The summed E-state index contributed by atoms with van der Waals surface area (Å²) in [6, 6.07) is 0.103. The predicted molar refractivity (Wildman–Crippen MR) is 86.7 cm³/mol. The van der Waals surface area contributed by atoms with Crippen LogP contribution in [0.4, 0.5) is 0 Å². The van der Waals surface area contributed by atoms with Crippen molar-refractivity contribution in [2.24, 2.45) is 0 Å². The van der Waals surface area contributed by atoms with Crippen LogP contribution in [0.25, 0.3) is 0 Å². The Balaban J connectivity index is 1.83. The molecule has 1 heterocycles. The molecule has 0 aromatic heterocycles. The van der Waals surface area contributed by atoms with Crippen LogP contribution in [0.2, 0.25) is 0 Å². The molecule has 2 rings (SSSR count). The van der Waals surface area contributed by atoms with Crippen LogP contribution in [0.1, 0.15) is 19.3 Å². The molecule has 1 atom stereocenters. The molecule has 1 aliphatic carbocycles. The Kier molecular flexibility index (Phi) is 6.08. The molecule has 0 aromatic carbocycles. The van der Waals surface area contributed by atoms with Gasteiger partial charge in [-0.2, -0.15) is 0 Å². The topological polar surface area (TPSA) is 76.9 Å². The summed E-state index contributed by atoms with van der Waals surface area (Å²) in [5, 5.41) is 12.7. The van der Waals surface area contributed by atoms with Crippen LogP contribution in [-0.4, -0.2) is 43.3 Å². The number of allylic oxidation sites excluding steroid dienone is 3. The summed E-state index contributed by atoms with van der Waals surface area (Å²) in [6.45, 7) is 0.983. The van der Waals surface area contributed by atoms with Gasteiger partial charge >= 0.3 is 0 Å². The van der Waals surface area contributed by atoms with E-state index < -0.39 is 5.09 Å². The normalized spacial score (nSPS) is 19.3. The Morgan fingerprint density at radius 1 is 1.35 bits per heavy atom. The maximum atomic E-state index is 10.0. The van der Waals surface area contributed by atoms with Gasteiger partial charge in [-0.15, -0.1) is 10.1 Å². The van der Waals surface area contributed by atoms with Crippen molar-refractivity contribution in [1.82, 2.24) is 10.2 Å². The largest absolute Gasteiger partial charge is 0.499 e. The molecule has 0 saturated heterocycles. The number of fused-ring (bicyclic) bond motifs is 1. The molecule has 0 radical (unpaired) electrons. The van der Waals surface area contributed by atoms with Gasteiger partial charge in [0.1, 0.15) is 11.8 Å². The minimum atomic E-state index is -0.746. The van der Waals surface area contributed by atoms with E-state index in [9.17, 15) is 10.1 Å². The number of likely N-dealkylation sites (N-methyl/N-ethyl adjacent to an activating group) is 1. The number of nitrogens with zero attached hydrogens (tertiary/aromatic N) is 2. The summed E-state index contributed by atoms with van der Waals surface area (Å²) in [7, 11) is 3.72. The maximum Gasteiger partial charge on any atom is 0.294 e. The lowest BCUT2D eigenvalue weighted by Crippen LogP contribution is -2.37. The second kappa shape index (κ2) is 8.26. The van der Waals surface area contributed by atoms with Crippen molar-refractivity contribution in [2.45, 2.75) is 25.3 Å². The van der Waals surface area contributed by atoms with Crippen LogP contribution in [-0.2, 0) is 9.57 Å². The van der Waals surface area contributed by atoms with Crippen molar-refractivity contribution < 1.29 is 14.7 Å². The molecule has 1 aliphatic heterocycles. The Bertz CT molecular complexity index is 552. The summed E-state index contributed by atoms with van der Waals surface area (Å²) in [4.78, 5) is 16.4. The van der Waals surface area contributed by atoms with E-state index in [-0.39, 0.29) is 12.6 Å². The van der Waals surface area contributed by atoms with Crippen molar-refractivity contribution in [3.63, 3.8) is 0 Å². The molecule has 0 amide bonds. The van der Waals surface area contributed by atoms with Gasteiger partial charge in [-0.05, 0) is 31.4 Å². The summed E-state index contributed by atoms with van der Waals surface area (Å²) < 4.78 is 5.47. The number of nitrogens with one attached hydrogen (secondary N) is 1. The SMILES string of the molecule is COC1=CC=CC2=C(NCCCCCO[N+](=O)[O-])C=CN(C)C12. The lowest BCUT2D eigenvalue weighted by atomic mass is 9.94. The van der Waals surface area contributed by atoms with E-state index in [1.807, 2.05) is 25.4 Å². The van der Waals surface area contributed by atoms with Gasteiger partial charge in [-0.3, -0.25) is 0 Å². The number of methoxy groups -OCH3 is 1. The Morgan fingerprint density at radius 2 is 2.17 bits per heavy atom. The molecule has 1 N–H and O–H groups in total. The molecule has 2 aliphatic rings. The lowest BCUT2D eigenvalue weighted by Gasteiger charge is -2.35. The molecule has 126 valence electrons. The first-order valence-corrected chi connectivity index (χ1v) is 7.71. The monoisotopic (exact) mass is 321 g/mol. The Hall–Kier alpha value is -2.44. The van der Waals surface area contributed by atoms with Crippen LogP contribution < -0.4 is 5.32 Å². The van der Waals surface area contributed by atoms with Crippen molar-refractivity contribution in [2.75, 3.05) is 27.3 Å². The summed E-state index contributed by atoms with van der Waals surface area (Å²) >= 11 is 0. The quantitative estimate of drug-likeness (QED) is 0.398. The lowest BCUT2D eigenvalue weighted by molar-refractivity contribution is -0.757. The van der Waals surface area contributed by atoms with Crippen LogP contribution in [0.15, 0.2) is 47.5 Å². The Morgan fingerprint density at radius 3 is 2.91 bits per heavy atom. The predicted octanol–water partition coefficient (Wildman–Crippen LogP) is 2.14. The van der Waals surface area contributed by atoms with Gasteiger partial charge in [0.25, 0.3) is 5.09 Å². The van der Waals surface area contributed by atoms with Crippen molar-refractivity contribution >= 4 is 0 Å². The zero-order valence-electron chi connectivity index (χ0n) is 13.5. The van der Waals surface area contributed by atoms with E-state index in [0.717, 1.165) is 30.8 Å². The third-order valence-electron chi connectivity index (χ3n) is 3.86. The van der Waals surface area contributed by atoms with Crippen LogP contribution in [0, 0.1) is 10.1 Å². The first-order valence-electron chi connectivity index (χ1n) is 7.71. The molecular weight excluding hydrogens is 298 g/mol. The maximum absolute atomic E-state index is 10.0. The highest BCUT2D eigenvalue weighted by atomic mass is 16.9. The van der Waals surface area contributed by atoms with Crippen LogP contribution in [0.5, 0.6) is 0 Å². The molecule has 0 saturated carbocycles. The average molecular weight is 321 g/mol. The Labute approximate surface area is 136 Å². The molecule has 7 nitrogen and oxygen atoms in total. The number of hydrogen-bond acceptors (Lipinski definition) is 6. The standard InChI is InChI=1S/C16H23N3O4/c1-18-11-9-14(13-7-6-8-15(22-2)16(13)18)17-10-4-3-5-12-23-19(20)21/h6-9,11,16-17H,3-5,10,12H2,1-2H3. The van der Waals surface area contributed by atoms with E-state index in [1.54, 1.807) is 7.11 Å². The third kappa shape index (κ3) is 4.51. The van der Waals surface area contributed by atoms with Crippen molar-refractivity contribution in [3.8, 4) is 0 Å². The fraction of sp³-hybridized carbons (Fsp3) is 0.500. The summed E-state index contributed by atoms with van der Waals surface area (Å²) in [6.07, 6.45) is 12.7. The second-order valence-corrected chi connectivity index (χ2v) is 5.43. The number of hydrogen-bond donors (Lipinski definition) is 1. The molecule has 23 heavy (non-hydrogen) atoms. The van der Waals surface area contributed by atoms with Gasteiger partial charge in [-0.1, -0.05) is 12.2 Å². The van der Waals surface area contributed by atoms with Crippen LogP contribution >= 0.6 is 0 Å². The van der Waals surface area contributed by atoms with Gasteiger partial charge in [0.15, 0.2) is 0 Å². The number of rotatable bonds is 9. The van der Waals surface area contributed by atoms with Gasteiger partial charge in [0.2, 0.25) is 0 Å². The van der Waals surface area contributed by atoms with Crippen molar-refractivity contribution in [3.05, 3.63) is 57.6 Å². The fourth-order valence-electron chi connectivity index (χ4n) is 2.72. The molecule has 0 spiro atoms. The molecule has 7 heteroatoms. The number of unbranched alkanes of at least 4 members (excludes halogenated alkanes) is 2. The molecule has 1 unspecified atom stereocenters. The van der Waals surface area contributed by atoms with Gasteiger partial charge in [0, 0.05) is 31.1 Å². The van der Waals surface area contributed by atoms with E-state index in [2.05, 4.69) is 27.2 Å². The minimum absolute atomic E-state index is 0.103. The highest BCUT2D eigenvalue weighted by Crippen LogP contribution is 2.29. The zero-order chi connectivity index (χ0) is 16.7.